The van der Waals surface area contributed by atoms with Crippen molar-refractivity contribution < 1.29 is 23.4 Å². The zero-order valence-electron chi connectivity index (χ0n) is 8.48. The minimum absolute atomic E-state index is 0.0713. The van der Waals surface area contributed by atoms with Gasteiger partial charge in [0.2, 0.25) is 12.3 Å². The Kier molecular flexibility index (Phi) is 6.25. The molecule has 0 N–H and O–H groups in total. The molecule has 0 bridgehead atoms. The van der Waals surface area contributed by atoms with Crippen molar-refractivity contribution in [3.63, 3.8) is 0 Å². The molecule has 0 aliphatic rings. The lowest BCUT2D eigenvalue weighted by Gasteiger charge is -2.07. The molecule has 0 radical (unpaired) electrons. The lowest BCUT2D eigenvalue weighted by molar-refractivity contribution is -0.151. The van der Waals surface area contributed by atoms with E-state index in [9.17, 15) is 14.2 Å². The van der Waals surface area contributed by atoms with E-state index >= 15 is 0 Å². The molecule has 0 aromatic heterocycles. The number of rotatable bonds is 6. The molecule has 0 saturated carbocycles. The fourth-order valence-electron chi connectivity index (χ4n) is 0.781. The van der Waals surface area contributed by atoms with E-state index in [1.54, 1.807) is 6.92 Å². The zero-order valence-corrected chi connectivity index (χ0v) is 9.37. The molecule has 5 nitrogen and oxygen atoms in total. The standard InChI is InChI=1S/C8H14O5P/c1-4-12-14(11)5-8(6(2)9)13-7(3)10/h8H,4-5H2,1-3H3/q+1. The molecular formula is C8H14O5P+. The minimum Gasteiger partial charge on any atom is -0.450 e. The third-order valence-corrected chi connectivity index (χ3v) is 2.53. The van der Waals surface area contributed by atoms with Crippen molar-refractivity contribution in [2.45, 2.75) is 26.9 Å². The SMILES string of the molecule is CCO[P+](=O)CC(OC(C)=O)C(C)=O. The van der Waals surface area contributed by atoms with Crippen LogP contribution in [0.25, 0.3) is 0 Å². The lowest BCUT2D eigenvalue weighted by Crippen LogP contribution is -2.26. The monoisotopic (exact) mass is 221 g/mol. The summed E-state index contributed by atoms with van der Waals surface area (Å²) in [6.07, 6.45) is -1.03. The van der Waals surface area contributed by atoms with Gasteiger partial charge < -0.3 is 4.74 Å². The van der Waals surface area contributed by atoms with Crippen molar-refractivity contribution in [1.82, 2.24) is 0 Å². The summed E-state index contributed by atoms with van der Waals surface area (Å²) < 4.78 is 20.6. The van der Waals surface area contributed by atoms with Gasteiger partial charge in [-0.1, -0.05) is 0 Å². The maximum absolute atomic E-state index is 11.1. The first-order valence-corrected chi connectivity index (χ1v) is 5.58. The van der Waals surface area contributed by atoms with Crippen LogP contribution in [0.5, 0.6) is 0 Å². The smallest absolute Gasteiger partial charge is 0.450 e. The first-order chi connectivity index (χ1) is 6.47. The molecule has 2 unspecified atom stereocenters. The summed E-state index contributed by atoms with van der Waals surface area (Å²) >= 11 is 0. The predicted octanol–water partition coefficient (Wildman–Crippen LogP) is 1.29. The molecule has 6 heteroatoms. The van der Waals surface area contributed by atoms with Crippen LogP contribution < -0.4 is 0 Å². The Bertz CT molecular complexity index is 238. The molecule has 0 heterocycles. The second-order valence-electron chi connectivity index (χ2n) is 2.64. The van der Waals surface area contributed by atoms with Gasteiger partial charge in [0.05, 0.1) is 6.61 Å². The number of hydrogen-bond donors (Lipinski definition) is 0. The molecule has 0 spiro atoms. The van der Waals surface area contributed by atoms with Crippen LogP contribution in [0.1, 0.15) is 20.8 Å². The molecule has 0 aromatic rings. The molecular weight excluding hydrogens is 207 g/mol. The van der Waals surface area contributed by atoms with Gasteiger partial charge in [-0.25, -0.2) is 0 Å². The van der Waals surface area contributed by atoms with Crippen LogP contribution in [-0.2, 0) is 23.4 Å². The molecule has 0 amide bonds. The Balaban J connectivity index is 4.16. The predicted molar refractivity (Wildman–Crippen MR) is 50.3 cm³/mol. The normalized spacial score (nSPS) is 13.2. The summed E-state index contributed by atoms with van der Waals surface area (Å²) in [5, 5.41) is 0. The van der Waals surface area contributed by atoms with E-state index in [1.165, 1.54) is 13.8 Å². The highest BCUT2D eigenvalue weighted by Crippen LogP contribution is 2.24. The average Bonchev–Trinajstić information content (AvgIpc) is 2.02. The van der Waals surface area contributed by atoms with Crippen LogP contribution in [0, 0.1) is 0 Å². The number of ether oxygens (including phenoxy) is 1. The molecule has 80 valence electrons. The first kappa shape index (κ1) is 13.2. The number of hydrogen-bond acceptors (Lipinski definition) is 5. The van der Waals surface area contributed by atoms with Gasteiger partial charge in [0.25, 0.3) is 0 Å². The number of ketones is 1. The molecule has 0 saturated heterocycles. The summed E-state index contributed by atoms with van der Waals surface area (Å²) in [4.78, 5) is 21.5. The third-order valence-electron chi connectivity index (χ3n) is 1.35. The van der Waals surface area contributed by atoms with Gasteiger partial charge in [-0.05, 0) is 18.4 Å². The summed E-state index contributed by atoms with van der Waals surface area (Å²) in [7, 11) is -1.93. The van der Waals surface area contributed by atoms with Crippen molar-refractivity contribution in [3.05, 3.63) is 0 Å². The number of Topliss-reactive ketones (excluding diaryl/α,β-unsaturated/α-hetero) is 1. The van der Waals surface area contributed by atoms with Gasteiger partial charge in [-0.2, -0.15) is 0 Å². The van der Waals surface area contributed by atoms with E-state index in [0.29, 0.717) is 6.61 Å². The van der Waals surface area contributed by atoms with Crippen LogP contribution in [-0.4, -0.2) is 30.6 Å². The Morgan fingerprint density at radius 3 is 2.29 bits per heavy atom. The van der Waals surface area contributed by atoms with E-state index in [4.69, 9.17) is 4.52 Å². The molecule has 0 fully saturated rings. The van der Waals surface area contributed by atoms with E-state index in [2.05, 4.69) is 4.74 Å². The maximum Gasteiger partial charge on any atom is 0.512 e. The minimum atomic E-state index is -1.93. The van der Waals surface area contributed by atoms with Crippen LogP contribution in [0.4, 0.5) is 0 Å². The van der Waals surface area contributed by atoms with Crippen LogP contribution in [0.3, 0.4) is 0 Å². The number of carbonyl (C=O) groups is 2. The maximum atomic E-state index is 11.1. The summed E-state index contributed by atoms with van der Waals surface area (Å²) in [6, 6.07) is 0. The number of carbonyl (C=O) groups excluding carboxylic acids is 2. The quantitative estimate of drug-likeness (QED) is 0.499. The van der Waals surface area contributed by atoms with Gasteiger partial charge in [0.15, 0.2) is 5.78 Å². The van der Waals surface area contributed by atoms with E-state index in [-0.39, 0.29) is 11.9 Å². The Morgan fingerprint density at radius 2 is 1.93 bits per heavy atom. The molecule has 0 aliphatic carbocycles. The molecule has 2 atom stereocenters. The molecule has 0 aromatic carbocycles. The highest BCUT2D eigenvalue weighted by Gasteiger charge is 2.30. The first-order valence-electron chi connectivity index (χ1n) is 4.22. The molecule has 14 heavy (non-hydrogen) atoms. The van der Waals surface area contributed by atoms with Crippen LogP contribution in [0.15, 0.2) is 0 Å². The van der Waals surface area contributed by atoms with Gasteiger partial charge in [-0.3, -0.25) is 9.59 Å². The van der Waals surface area contributed by atoms with Crippen LogP contribution in [0.2, 0.25) is 0 Å². The van der Waals surface area contributed by atoms with Crippen molar-refractivity contribution in [3.8, 4) is 0 Å². The topological polar surface area (TPSA) is 69.7 Å². The Morgan fingerprint density at radius 1 is 1.36 bits per heavy atom. The average molecular weight is 221 g/mol. The van der Waals surface area contributed by atoms with Crippen molar-refractivity contribution >= 4 is 19.8 Å². The second-order valence-corrected chi connectivity index (χ2v) is 3.93. The highest BCUT2D eigenvalue weighted by atomic mass is 31.1. The van der Waals surface area contributed by atoms with Crippen molar-refractivity contribution in [1.29, 1.82) is 0 Å². The van der Waals surface area contributed by atoms with Crippen molar-refractivity contribution in [2.75, 3.05) is 12.8 Å². The van der Waals surface area contributed by atoms with Gasteiger partial charge >= 0.3 is 14.0 Å². The van der Waals surface area contributed by atoms with Gasteiger partial charge in [0, 0.05) is 6.92 Å². The lowest BCUT2D eigenvalue weighted by atomic mass is 10.3. The number of esters is 1. The van der Waals surface area contributed by atoms with Gasteiger partial charge in [-0.15, -0.1) is 4.52 Å². The second kappa shape index (κ2) is 6.62. The van der Waals surface area contributed by atoms with E-state index in [0.717, 1.165) is 0 Å². The molecule has 0 aliphatic heterocycles. The Labute approximate surface area is 83.6 Å². The van der Waals surface area contributed by atoms with E-state index in [1.807, 2.05) is 0 Å². The van der Waals surface area contributed by atoms with Gasteiger partial charge in [0.1, 0.15) is 0 Å². The van der Waals surface area contributed by atoms with E-state index < -0.39 is 20.1 Å². The van der Waals surface area contributed by atoms with Crippen LogP contribution >= 0.6 is 8.03 Å². The Hall–Kier alpha value is -0.800. The zero-order chi connectivity index (χ0) is 11.1. The highest BCUT2D eigenvalue weighted by molar-refractivity contribution is 7.39. The summed E-state index contributed by atoms with van der Waals surface area (Å²) in [6.45, 7) is 4.48. The fourth-order valence-corrected chi connectivity index (χ4v) is 1.78. The largest absolute Gasteiger partial charge is 0.512 e. The summed E-state index contributed by atoms with van der Waals surface area (Å²) in [5.74, 6) is -0.895. The third kappa shape index (κ3) is 5.78. The summed E-state index contributed by atoms with van der Waals surface area (Å²) in [5.41, 5.74) is 0. The fraction of sp³-hybridized carbons (Fsp3) is 0.750. The van der Waals surface area contributed by atoms with Crippen molar-refractivity contribution in [2.24, 2.45) is 0 Å². The molecule has 0 rings (SSSR count).